The zero-order valence-electron chi connectivity index (χ0n) is 9.13. The summed E-state index contributed by atoms with van der Waals surface area (Å²) in [7, 11) is 0. The second-order valence-corrected chi connectivity index (χ2v) is 3.56. The molecule has 2 rings (SSSR count). The minimum absolute atomic E-state index is 0.554. The molecule has 0 unspecified atom stereocenters. The van der Waals surface area contributed by atoms with Gasteiger partial charge in [0.15, 0.2) is 0 Å². The molecule has 0 fully saturated rings. The minimum Gasteiger partial charge on any atom is -0.463 e. The van der Waals surface area contributed by atoms with E-state index in [9.17, 15) is 4.79 Å². The number of hydrogen-bond donors (Lipinski definition) is 2. The van der Waals surface area contributed by atoms with Gasteiger partial charge in [-0.25, -0.2) is 4.79 Å². The molecule has 0 saturated heterocycles. The molecule has 0 radical (unpaired) electrons. The molecule has 0 saturated carbocycles. The molecule has 2 aromatic carbocycles. The maximum atomic E-state index is 10.2. The third-order valence-corrected chi connectivity index (χ3v) is 2.44. The van der Waals surface area contributed by atoms with E-state index in [-0.39, 0.29) is 0 Å². The lowest BCUT2D eigenvalue weighted by molar-refractivity contribution is 0.206. The molecule has 0 bridgehead atoms. The number of amides is 1. The van der Waals surface area contributed by atoms with Crippen LogP contribution in [0.5, 0.6) is 0 Å². The Morgan fingerprint density at radius 1 is 1.24 bits per heavy atom. The molecule has 0 aliphatic carbocycles. The highest BCUT2D eigenvalue weighted by Gasteiger charge is 1.98. The van der Waals surface area contributed by atoms with Gasteiger partial charge < -0.3 is 10.4 Å². The van der Waals surface area contributed by atoms with Crippen molar-refractivity contribution < 1.29 is 9.90 Å². The fraction of sp³-hybridized carbons (Fsp3) is 0.0769. The molecule has 0 spiro atoms. The van der Waals surface area contributed by atoms with Crippen LogP contribution >= 0.6 is 0 Å². The molecule has 17 heavy (non-hydrogen) atoms. The molecule has 0 heterocycles. The Bertz CT molecular complexity index is 559. The van der Waals surface area contributed by atoms with Crippen molar-refractivity contribution in [2.75, 3.05) is 0 Å². The summed E-state index contributed by atoms with van der Waals surface area (Å²) in [5, 5.41) is 13.5. The van der Waals surface area contributed by atoms with Gasteiger partial charge in [0.05, 0.1) is 6.34 Å². The van der Waals surface area contributed by atoms with E-state index in [4.69, 9.17) is 5.11 Å². The highest BCUT2D eigenvalue weighted by molar-refractivity contribution is 5.86. The van der Waals surface area contributed by atoms with Crippen LogP contribution in [0.1, 0.15) is 5.56 Å². The molecular formula is C13H12N2O2. The van der Waals surface area contributed by atoms with Crippen molar-refractivity contribution in [1.29, 1.82) is 0 Å². The van der Waals surface area contributed by atoms with Crippen molar-refractivity contribution in [2.24, 2.45) is 4.99 Å². The Labute approximate surface area is 98.6 Å². The van der Waals surface area contributed by atoms with E-state index < -0.39 is 6.09 Å². The Hall–Kier alpha value is -2.36. The Balaban J connectivity index is 2.16. The standard InChI is InChI=1S/C13H12N2O2/c16-13(17)15-9-14-8-11-6-3-5-10-4-1-2-7-12(10)11/h1-7,9H,8H2,(H,14,15)(H,16,17). The largest absolute Gasteiger partial charge is 0.463 e. The van der Waals surface area contributed by atoms with Crippen molar-refractivity contribution in [3.05, 3.63) is 48.0 Å². The van der Waals surface area contributed by atoms with Crippen molar-refractivity contribution in [2.45, 2.75) is 6.54 Å². The van der Waals surface area contributed by atoms with Crippen LogP contribution in [0, 0.1) is 0 Å². The zero-order valence-corrected chi connectivity index (χ0v) is 9.13. The topological polar surface area (TPSA) is 61.7 Å². The first-order chi connectivity index (χ1) is 8.27. The third kappa shape index (κ3) is 2.81. The van der Waals surface area contributed by atoms with Crippen LogP contribution in [0.3, 0.4) is 0 Å². The number of nitrogens with zero attached hydrogens (tertiary/aromatic N) is 1. The van der Waals surface area contributed by atoms with Crippen LogP contribution in [-0.2, 0) is 6.54 Å². The number of hydrogen-bond acceptors (Lipinski definition) is 1. The molecule has 0 aliphatic rings. The summed E-state index contributed by atoms with van der Waals surface area (Å²) in [6.07, 6.45) is -0.000167. The second kappa shape index (κ2) is 5.12. The number of nitrogens with one attached hydrogen (secondary N) is 1. The van der Waals surface area contributed by atoms with Gasteiger partial charge >= 0.3 is 6.09 Å². The summed E-state index contributed by atoms with van der Waals surface area (Å²) >= 11 is 0. The molecule has 1 amide bonds. The predicted octanol–water partition coefficient (Wildman–Crippen LogP) is 2.64. The number of carbonyl (C=O) groups is 1. The predicted molar refractivity (Wildman–Crippen MR) is 67.3 cm³/mol. The average molecular weight is 228 g/mol. The monoisotopic (exact) mass is 228 g/mol. The van der Waals surface area contributed by atoms with Gasteiger partial charge in [-0.3, -0.25) is 0 Å². The Kier molecular flexibility index (Phi) is 3.35. The lowest BCUT2D eigenvalue weighted by atomic mass is 10.0. The van der Waals surface area contributed by atoms with E-state index in [1.54, 1.807) is 0 Å². The van der Waals surface area contributed by atoms with E-state index in [1.807, 2.05) is 42.5 Å². The van der Waals surface area contributed by atoms with Crippen molar-refractivity contribution in [1.82, 2.24) is 5.32 Å². The van der Waals surface area contributed by atoms with Crippen LogP contribution in [0.4, 0.5) is 4.79 Å². The normalized spacial score (nSPS) is 10.8. The van der Waals surface area contributed by atoms with Crippen LogP contribution in [0.2, 0.25) is 0 Å². The fourth-order valence-corrected chi connectivity index (χ4v) is 1.70. The molecule has 4 heteroatoms. The molecule has 0 aromatic heterocycles. The number of rotatable bonds is 3. The van der Waals surface area contributed by atoms with Gasteiger partial charge in [-0.15, -0.1) is 0 Å². The van der Waals surface area contributed by atoms with Gasteiger partial charge in [-0.2, -0.15) is 4.99 Å². The summed E-state index contributed by atoms with van der Waals surface area (Å²) in [6, 6.07) is 14.1. The van der Waals surface area contributed by atoms with Gasteiger partial charge in [0.2, 0.25) is 0 Å². The number of benzene rings is 2. The van der Waals surface area contributed by atoms with Crippen molar-refractivity contribution >= 4 is 23.2 Å². The SMILES string of the molecule is O=C(O)/N=C/NCc1cccc2ccccc12. The zero-order chi connectivity index (χ0) is 12.1. The minimum atomic E-state index is -1.20. The quantitative estimate of drug-likeness (QED) is 0.627. The van der Waals surface area contributed by atoms with E-state index >= 15 is 0 Å². The second-order valence-electron chi connectivity index (χ2n) is 3.56. The van der Waals surface area contributed by atoms with Crippen LogP contribution in [0.15, 0.2) is 47.5 Å². The number of fused-ring (bicyclic) bond motifs is 1. The van der Waals surface area contributed by atoms with E-state index in [1.165, 1.54) is 11.7 Å². The lowest BCUT2D eigenvalue weighted by Crippen LogP contribution is -2.11. The number of carboxylic acid groups (broad SMARTS) is 1. The van der Waals surface area contributed by atoms with Gasteiger partial charge in [-0.1, -0.05) is 42.5 Å². The highest BCUT2D eigenvalue weighted by Crippen LogP contribution is 2.17. The summed E-state index contributed by atoms with van der Waals surface area (Å²) in [5.74, 6) is 0. The summed E-state index contributed by atoms with van der Waals surface area (Å²) in [5.41, 5.74) is 1.11. The smallest absolute Gasteiger partial charge is 0.432 e. The highest BCUT2D eigenvalue weighted by atomic mass is 16.4. The van der Waals surface area contributed by atoms with Gasteiger partial charge in [-0.05, 0) is 16.3 Å². The number of aliphatic imine (C=N–C) groups is 1. The molecular weight excluding hydrogens is 216 g/mol. The van der Waals surface area contributed by atoms with E-state index in [0.29, 0.717) is 6.54 Å². The molecule has 2 N–H and O–H groups in total. The van der Waals surface area contributed by atoms with Gasteiger partial charge in [0, 0.05) is 6.54 Å². The van der Waals surface area contributed by atoms with Crippen molar-refractivity contribution in [3.8, 4) is 0 Å². The molecule has 86 valence electrons. The summed E-state index contributed by atoms with van der Waals surface area (Å²) in [6.45, 7) is 0.554. The molecule has 0 atom stereocenters. The molecule has 4 nitrogen and oxygen atoms in total. The maximum absolute atomic E-state index is 10.2. The van der Waals surface area contributed by atoms with E-state index in [2.05, 4.69) is 10.3 Å². The van der Waals surface area contributed by atoms with Crippen molar-refractivity contribution in [3.63, 3.8) is 0 Å². The van der Waals surface area contributed by atoms with Crippen LogP contribution in [0.25, 0.3) is 10.8 Å². The third-order valence-electron chi connectivity index (χ3n) is 2.44. The lowest BCUT2D eigenvalue weighted by Gasteiger charge is -2.05. The van der Waals surface area contributed by atoms with Gasteiger partial charge in [0.25, 0.3) is 0 Å². The first-order valence-electron chi connectivity index (χ1n) is 5.23. The Morgan fingerprint density at radius 3 is 2.82 bits per heavy atom. The summed E-state index contributed by atoms with van der Waals surface area (Å²) < 4.78 is 0. The maximum Gasteiger partial charge on any atom is 0.432 e. The fourth-order valence-electron chi connectivity index (χ4n) is 1.70. The van der Waals surface area contributed by atoms with Crippen LogP contribution in [-0.4, -0.2) is 17.5 Å². The first-order valence-corrected chi connectivity index (χ1v) is 5.23. The molecule has 0 aliphatic heterocycles. The molecule has 2 aromatic rings. The van der Waals surface area contributed by atoms with Crippen LogP contribution < -0.4 is 5.32 Å². The average Bonchev–Trinajstić information content (AvgIpc) is 2.34. The van der Waals surface area contributed by atoms with E-state index in [0.717, 1.165) is 10.9 Å². The van der Waals surface area contributed by atoms with Gasteiger partial charge in [0.1, 0.15) is 0 Å². The first kappa shape index (κ1) is 11.1. The summed E-state index contributed by atoms with van der Waals surface area (Å²) in [4.78, 5) is 13.4. The Morgan fingerprint density at radius 2 is 2.00 bits per heavy atom.